The Hall–Kier alpha value is -3.27. The van der Waals surface area contributed by atoms with Gasteiger partial charge in [0.05, 0.1) is 22.5 Å². The molecular formula is C23H18BrN3O4S. The third-order valence-corrected chi connectivity index (χ3v) is 6.72. The van der Waals surface area contributed by atoms with Gasteiger partial charge < -0.3 is 10.4 Å². The van der Waals surface area contributed by atoms with Crippen LogP contribution in [0.2, 0.25) is 0 Å². The van der Waals surface area contributed by atoms with E-state index in [9.17, 15) is 18.3 Å². The highest BCUT2D eigenvalue weighted by atomic mass is 79.9. The maximum atomic E-state index is 13.2. The van der Waals surface area contributed by atoms with Gasteiger partial charge in [-0.3, -0.25) is 4.98 Å². The van der Waals surface area contributed by atoms with E-state index in [1.807, 2.05) is 30.3 Å². The topological polar surface area (TPSA) is 108 Å². The largest absolute Gasteiger partial charge is 0.478 e. The van der Waals surface area contributed by atoms with Crippen LogP contribution in [-0.2, 0) is 16.6 Å². The second-order valence-corrected chi connectivity index (χ2v) is 9.60. The molecule has 0 unspecified atom stereocenters. The van der Waals surface area contributed by atoms with Crippen molar-refractivity contribution in [2.45, 2.75) is 11.4 Å². The van der Waals surface area contributed by atoms with E-state index in [0.29, 0.717) is 10.9 Å². The molecule has 0 aliphatic rings. The van der Waals surface area contributed by atoms with Gasteiger partial charge in [0.2, 0.25) is 10.0 Å². The second kappa shape index (κ2) is 9.07. The summed E-state index contributed by atoms with van der Waals surface area (Å²) in [6.07, 6.45) is 1.27. The summed E-state index contributed by atoms with van der Waals surface area (Å²) in [5.41, 5.74) is 1.90. The molecule has 0 saturated carbocycles. The van der Waals surface area contributed by atoms with Crippen LogP contribution in [0.4, 0.5) is 11.4 Å². The van der Waals surface area contributed by atoms with Gasteiger partial charge in [-0.25, -0.2) is 17.9 Å². The van der Waals surface area contributed by atoms with Gasteiger partial charge in [0, 0.05) is 22.6 Å². The monoisotopic (exact) mass is 511 g/mol. The molecule has 9 heteroatoms. The van der Waals surface area contributed by atoms with Crippen LogP contribution < -0.4 is 10.0 Å². The molecule has 1 heterocycles. The summed E-state index contributed by atoms with van der Waals surface area (Å²) >= 11 is 3.39. The Labute approximate surface area is 193 Å². The number of carboxylic acids is 1. The lowest BCUT2D eigenvalue weighted by atomic mass is 10.1. The lowest BCUT2D eigenvalue weighted by molar-refractivity contribution is 0.0698. The zero-order valence-electron chi connectivity index (χ0n) is 16.6. The summed E-state index contributed by atoms with van der Waals surface area (Å²) in [5, 5.41) is 13.1. The zero-order chi connectivity index (χ0) is 22.7. The molecule has 3 aromatic carbocycles. The Morgan fingerprint density at radius 3 is 2.47 bits per heavy atom. The normalized spacial score (nSPS) is 11.4. The molecule has 0 saturated heterocycles. The van der Waals surface area contributed by atoms with Crippen molar-refractivity contribution in [3.63, 3.8) is 0 Å². The summed E-state index contributed by atoms with van der Waals surface area (Å²) in [6, 6.07) is 20.7. The number of para-hydroxylation sites is 1. The fourth-order valence-electron chi connectivity index (χ4n) is 3.25. The summed E-state index contributed by atoms with van der Waals surface area (Å²) in [6.45, 7) is 0.104. The highest BCUT2D eigenvalue weighted by Crippen LogP contribution is 2.34. The van der Waals surface area contributed by atoms with E-state index in [2.05, 4.69) is 31.0 Å². The number of carbonyl (C=O) groups is 1. The molecule has 0 spiro atoms. The number of aromatic carboxylic acids is 1. The minimum absolute atomic E-state index is 0.0233. The van der Waals surface area contributed by atoms with Crippen molar-refractivity contribution in [2.75, 3.05) is 5.32 Å². The molecule has 0 amide bonds. The summed E-state index contributed by atoms with van der Waals surface area (Å²) in [4.78, 5) is 15.9. The van der Waals surface area contributed by atoms with Crippen molar-refractivity contribution in [3.8, 4) is 0 Å². The average Bonchev–Trinajstić information content (AvgIpc) is 2.78. The smallest absolute Gasteiger partial charge is 0.337 e. The van der Waals surface area contributed by atoms with Crippen molar-refractivity contribution >= 4 is 54.2 Å². The third kappa shape index (κ3) is 4.64. The van der Waals surface area contributed by atoms with E-state index in [4.69, 9.17) is 0 Å². The molecule has 1 aromatic heterocycles. The van der Waals surface area contributed by atoms with Gasteiger partial charge in [-0.1, -0.05) is 58.4 Å². The standard InChI is InChI=1S/C23H18BrN3O4S/c24-16-10-11-17-20(12-16)25-14-21(32(30,31)26-13-15-6-2-1-3-7-15)22(17)27-19-9-5-4-8-18(19)23(28)29/h1-12,14,26H,13H2,(H,25,27)(H,28,29). The molecule has 3 N–H and O–H groups in total. The fraction of sp³-hybridized carbons (Fsp3) is 0.0435. The predicted molar refractivity (Wildman–Crippen MR) is 127 cm³/mol. The number of nitrogens with zero attached hydrogens (tertiary/aromatic N) is 1. The molecule has 0 atom stereocenters. The third-order valence-electron chi connectivity index (χ3n) is 4.81. The van der Waals surface area contributed by atoms with Gasteiger partial charge in [0.1, 0.15) is 4.90 Å². The van der Waals surface area contributed by atoms with Crippen LogP contribution in [0.3, 0.4) is 0 Å². The highest BCUT2D eigenvalue weighted by molar-refractivity contribution is 9.10. The minimum Gasteiger partial charge on any atom is -0.478 e. The van der Waals surface area contributed by atoms with E-state index in [1.54, 1.807) is 36.4 Å². The first-order valence-electron chi connectivity index (χ1n) is 9.56. The number of rotatable bonds is 7. The number of anilines is 2. The molecule has 4 aromatic rings. The van der Waals surface area contributed by atoms with Gasteiger partial charge >= 0.3 is 5.97 Å². The van der Waals surface area contributed by atoms with Crippen LogP contribution in [0.25, 0.3) is 10.9 Å². The maximum absolute atomic E-state index is 13.2. The molecule has 0 fully saturated rings. The number of halogens is 1. The molecule has 0 radical (unpaired) electrons. The van der Waals surface area contributed by atoms with Gasteiger partial charge in [0.15, 0.2) is 0 Å². The summed E-state index contributed by atoms with van der Waals surface area (Å²) in [5.74, 6) is -1.12. The first-order valence-corrected chi connectivity index (χ1v) is 11.8. The first kappa shape index (κ1) is 21.9. The Bertz CT molecular complexity index is 1410. The van der Waals surface area contributed by atoms with Gasteiger partial charge in [-0.15, -0.1) is 0 Å². The van der Waals surface area contributed by atoms with Crippen molar-refractivity contribution in [2.24, 2.45) is 0 Å². The van der Waals surface area contributed by atoms with E-state index in [1.165, 1.54) is 12.3 Å². The number of nitrogens with one attached hydrogen (secondary N) is 2. The molecule has 0 bridgehead atoms. The van der Waals surface area contributed by atoms with Crippen LogP contribution >= 0.6 is 15.9 Å². The summed E-state index contributed by atoms with van der Waals surface area (Å²) < 4.78 is 29.8. The molecular weight excluding hydrogens is 494 g/mol. The van der Waals surface area contributed by atoms with Gasteiger partial charge in [-0.05, 0) is 35.9 Å². The minimum atomic E-state index is -3.98. The number of pyridine rings is 1. The zero-order valence-corrected chi connectivity index (χ0v) is 19.0. The maximum Gasteiger partial charge on any atom is 0.337 e. The lowest BCUT2D eigenvalue weighted by Crippen LogP contribution is -2.24. The Kier molecular flexibility index (Phi) is 6.22. The molecule has 162 valence electrons. The van der Waals surface area contributed by atoms with Crippen LogP contribution in [0.15, 0.2) is 88.4 Å². The quantitative estimate of drug-likeness (QED) is 0.325. The van der Waals surface area contributed by atoms with Crippen molar-refractivity contribution in [3.05, 3.63) is 94.6 Å². The Morgan fingerprint density at radius 2 is 1.72 bits per heavy atom. The Balaban J connectivity index is 1.82. The second-order valence-electron chi connectivity index (χ2n) is 6.94. The summed E-state index contributed by atoms with van der Waals surface area (Å²) in [7, 11) is -3.98. The number of hydrogen-bond acceptors (Lipinski definition) is 5. The number of hydrogen-bond donors (Lipinski definition) is 3. The predicted octanol–water partition coefficient (Wildman–Crippen LogP) is 4.92. The van der Waals surface area contributed by atoms with E-state index < -0.39 is 16.0 Å². The molecule has 7 nitrogen and oxygen atoms in total. The molecule has 0 aliphatic heterocycles. The highest BCUT2D eigenvalue weighted by Gasteiger charge is 2.23. The van der Waals surface area contributed by atoms with Crippen LogP contribution in [0, 0.1) is 0 Å². The van der Waals surface area contributed by atoms with E-state index in [0.717, 1.165) is 10.0 Å². The van der Waals surface area contributed by atoms with Crippen LogP contribution in [0.5, 0.6) is 0 Å². The van der Waals surface area contributed by atoms with Crippen LogP contribution in [0.1, 0.15) is 15.9 Å². The number of benzene rings is 3. The first-order chi connectivity index (χ1) is 15.3. The molecule has 32 heavy (non-hydrogen) atoms. The lowest BCUT2D eigenvalue weighted by Gasteiger charge is -2.17. The molecule has 0 aliphatic carbocycles. The van der Waals surface area contributed by atoms with Crippen molar-refractivity contribution in [1.29, 1.82) is 0 Å². The average molecular weight is 512 g/mol. The number of sulfonamides is 1. The number of fused-ring (bicyclic) bond motifs is 1. The Morgan fingerprint density at radius 1 is 1.00 bits per heavy atom. The van der Waals surface area contributed by atoms with E-state index in [-0.39, 0.29) is 28.4 Å². The van der Waals surface area contributed by atoms with Gasteiger partial charge in [-0.2, -0.15) is 0 Å². The fourth-order valence-corrected chi connectivity index (χ4v) is 4.73. The number of carboxylic acid groups (broad SMARTS) is 1. The van der Waals surface area contributed by atoms with Crippen molar-refractivity contribution < 1.29 is 18.3 Å². The van der Waals surface area contributed by atoms with E-state index >= 15 is 0 Å². The van der Waals surface area contributed by atoms with Crippen molar-refractivity contribution in [1.82, 2.24) is 9.71 Å². The van der Waals surface area contributed by atoms with Gasteiger partial charge in [0.25, 0.3) is 0 Å². The van der Waals surface area contributed by atoms with Crippen LogP contribution in [-0.4, -0.2) is 24.5 Å². The molecule has 4 rings (SSSR count). The SMILES string of the molecule is O=C(O)c1ccccc1Nc1c(S(=O)(=O)NCc2ccccc2)cnc2cc(Br)ccc12. The number of aromatic nitrogens is 1.